The van der Waals surface area contributed by atoms with E-state index >= 15 is 0 Å². The number of hydrogen-bond acceptors (Lipinski definition) is 6. The average Bonchev–Trinajstić information content (AvgIpc) is 3.03. The quantitative estimate of drug-likeness (QED) is 0.758. The number of aryl methyl sites for hydroxylation is 1. The molecule has 0 aliphatic carbocycles. The van der Waals surface area contributed by atoms with Gasteiger partial charge in [0.05, 0.1) is 5.92 Å². The van der Waals surface area contributed by atoms with E-state index in [-0.39, 0.29) is 17.7 Å². The van der Waals surface area contributed by atoms with Gasteiger partial charge in [-0.1, -0.05) is 0 Å². The van der Waals surface area contributed by atoms with Gasteiger partial charge in [0.25, 0.3) is 0 Å². The minimum absolute atomic E-state index is 0.0399. The number of carbonyl (C=O) groups is 2. The lowest BCUT2D eigenvalue weighted by Crippen LogP contribution is -2.36. The summed E-state index contributed by atoms with van der Waals surface area (Å²) in [5.74, 6) is -0.200. The molecule has 0 spiro atoms. The summed E-state index contributed by atoms with van der Waals surface area (Å²) in [6.45, 7) is 4.47. The summed E-state index contributed by atoms with van der Waals surface area (Å²) in [4.78, 5) is 27.9. The molecule has 0 saturated carbocycles. The Kier molecular flexibility index (Phi) is 5.84. The fourth-order valence-corrected chi connectivity index (χ4v) is 3.07. The van der Waals surface area contributed by atoms with Crippen molar-refractivity contribution in [1.82, 2.24) is 25.3 Å². The predicted octanol–water partition coefficient (Wildman–Crippen LogP) is -0.0847. The number of carbonyl (C=O) groups excluding carboxylic acids is 2. The van der Waals surface area contributed by atoms with Crippen molar-refractivity contribution in [2.75, 3.05) is 40.3 Å². The van der Waals surface area contributed by atoms with Crippen LogP contribution in [0.25, 0.3) is 0 Å². The maximum Gasteiger partial charge on any atom is 0.225 e. The summed E-state index contributed by atoms with van der Waals surface area (Å²) < 4.78 is 0. The van der Waals surface area contributed by atoms with E-state index in [0.29, 0.717) is 32.5 Å². The van der Waals surface area contributed by atoms with Crippen LogP contribution in [0.5, 0.6) is 0 Å². The Morgan fingerprint density at radius 2 is 2.23 bits per heavy atom. The molecule has 0 aromatic carbocycles. The largest absolute Gasteiger partial charge is 0.355 e. The third-order valence-electron chi connectivity index (χ3n) is 3.61. The van der Waals surface area contributed by atoms with Crippen LogP contribution in [0.3, 0.4) is 0 Å². The van der Waals surface area contributed by atoms with Gasteiger partial charge in [0.1, 0.15) is 10.0 Å². The van der Waals surface area contributed by atoms with E-state index in [2.05, 4.69) is 15.5 Å². The van der Waals surface area contributed by atoms with Crippen LogP contribution in [0, 0.1) is 12.8 Å². The van der Waals surface area contributed by atoms with Gasteiger partial charge in [0.2, 0.25) is 11.8 Å². The summed E-state index contributed by atoms with van der Waals surface area (Å²) in [7, 11) is 3.94. The molecule has 0 unspecified atom stereocenters. The van der Waals surface area contributed by atoms with Crippen molar-refractivity contribution in [3.8, 4) is 0 Å². The Hall–Kier alpha value is -1.54. The van der Waals surface area contributed by atoms with Crippen molar-refractivity contribution in [3.05, 3.63) is 10.0 Å². The van der Waals surface area contributed by atoms with Crippen molar-refractivity contribution < 1.29 is 9.59 Å². The van der Waals surface area contributed by atoms with Crippen LogP contribution in [0.1, 0.15) is 16.4 Å². The van der Waals surface area contributed by atoms with Gasteiger partial charge in [0.15, 0.2) is 0 Å². The first kappa shape index (κ1) is 16.8. The highest BCUT2D eigenvalue weighted by Gasteiger charge is 2.33. The van der Waals surface area contributed by atoms with Crippen LogP contribution in [0.4, 0.5) is 0 Å². The van der Waals surface area contributed by atoms with Crippen LogP contribution in [-0.4, -0.2) is 72.1 Å². The molecule has 1 aromatic rings. The van der Waals surface area contributed by atoms with Crippen LogP contribution >= 0.6 is 11.3 Å². The topological polar surface area (TPSA) is 78.4 Å². The molecule has 8 heteroatoms. The van der Waals surface area contributed by atoms with E-state index in [1.807, 2.05) is 25.9 Å². The molecule has 7 nitrogen and oxygen atoms in total. The summed E-state index contributed by atoms with van der Waals surface area (Å²) in [6, 6.07) is 0. The standard InChI is InChI=1S/C14H23N5O2S/c1-10-16-17-12(22-10)4-5-15-14(21)11-8-13(20)19(9-11)7-6-18(2)3/h11H,4-9H2,1-3H3,(H,15,21)/t11-/m0/s1. The lowest BCUT2D eigenvalue weighted by Gasteiger charge is -2.19. The Morgan fingerprint density at radius 1 is 1.45 bits per heavy atom. The SMILES string of the molecule is Cc1nnc(CCNC(=O)[C@H]2CC(=O)N(CCN(C)C)C2)s1. The van der Waals surface area contributed by atoms with Gasteiger partial charge in [-0.3, -0.25) is 9.59 Å². The van der Waals surface area contributed by atoms with Crippen molar-refractivity contribution >= 4 is 23.2 Å². The number of aromatic nitrogens is 2. The van der Waals surface area contributed by atoms with Gasteiger partial charge in [-0.05, 0) is 21.0 Å². The van der Waals surface area contributed by atoms with Crippen LogP contribution in [0.15, 0.2) is 0 Å². The smallest absolute Gasteiger partial charge is 0.225 e. The first-order valence-corrected chi connectivity index (χ1v) is 8.26. The predicted molar refractivity (Wildman–Crippen MR) is 84.6 cm³/mol. The van der Waals surface area contributed by atoms with Crippen LogP contribution in [0.2, 0.25) is 0 Å². The summed E-state index contributed by atoms with van der Waals surface area (Å²) in [6.07, 6.45) is 0.999. The maximum atomic E-state index is 12.1. The second-order valence-electron chi connectivity index (χ2n) is 5.80. The van der Waals surface area contributed by atoms with Gasteiger partial charge in [-0.2, -0.15) is 0 Å². The number of nitrogens with zero attached hydrogens (tertiary/aromatic N) is 4. The van der Waals surface area contributed by atoms with Crippen molar-refractivity contribution in [3.63, 3.8) is 0 Å². The van der Waals surface area contributed by atoms with Crippen molar-refractivity contribution in [2.45, 2.75) is 19.8 Å². The van der Waals surface area contributed by atoms with Gasteiger partial charge in [0, 0.05) is 39.0 Å². The molecule has 2 amide bonds. The number of hydrogen-bond donors (Lipinski definition) is 1. The minimum Gasteiger partial charge on any atom is -0.355 e. The molecule has 22 heavy (non-hydrogen) atoms. The molecule has 0 bridgehead atoms. The van der Waals surface area contributed by atoms with Gasteiger partial charge in [-0.15, -0.1) is 21.5 Å². The highest BCUT2D eigenvalue weighted by Crippen LogP contribution is 2.17. The van der Waals surface area contributed by atoms with Crippen LogP contribution in [-0.2, 0) is 16.0 Å². The highest BCUT2D eigenvalue weighted by molar-refractivity contribution is 7.11. The molecule has 122 valence electrons. The summed E-state index contributed by atoms with van der Waals surface area (Å²) in [5.41, 5.74) is 0. The molecule has 2 heterocycles. The normalized spacial score (nSPS) is 18.3. The Bertz CT molecular complexity index is 531. The number of likely N-dealkylation sites (N-methyl/N-ethyl adjacent to an activating group) is 1. The number of amides is 2. The van der Waals surface area contributed by atoms with Gasteiger partial charge in [-0.25, -0.2) is 0 Å². The third kappa shape index (κ3) is 4.74. The molecule has 1 fully saturated rings. The van der Waals surface area contributed by atoms with E-state index < -0.39 is 0 Å². The fraction of sp³-hybridized carbons (Fsp3) is 0.714. The second-order valence-corrected chi connectivity index (χ2v) is 7.07. The molecule has 2 rings (SSSR count). The highest BCUT2D eigenvalue weighted by atomic mass is 32.1. The Morgan fingerprint density at radius 3 is 2.86 bits per heavy atom. The number of nitrogens with one attached hydrogen (secondary N) is 1. The first-order chi connectivity index (χ1) is 10.5. The van der Waals surface area contributed by atoms with E-state index in [4.69, 9.17) is 0 Å². The summed E-state index contributed by atoms with van der Waals surface area (Å²) in [5, 5.41) is 12.7. The molecule has 1 aliphatic heterocycles. The fourth-order valence-electron chi connectivity index (χ4n) is 2.36. The van der Waals surface area contributed by atoms with Gasteiger partial charge >= 0.3 is 0 Å². The van der Waals surface area contributed by atoms with E-state index in [9.17, 15) is 9.59 Å². The zero-order chi connectivity index (χ0) is 16.1. The molecule has 1 aliphatic rings. The average molecular weight is 325 g/mol. The maximum absolute atomic E-state index is 12.1. The second kappa shape index (κ2) is 7.64. The molecular weight excluding hydrogens is 302 g/mol. The summed E-state index contributed by atoms with van der Waals surface area (Å²) >= 11 is 1.54. The Labute approximate surface area is 134 Å². The minimum atomic E-state index is -0.231. The molecular formula is C14H23N5O2S. The zero-order valence-electron chi connectivity index (χ0n) is 13.3. The van der Waals surface area contributed by atoms with E-state index in [0.717, 1.165) is 16.6 Å². The first-order valence-electron chi connectivity index (χ1n) is 7.45. The lowest BCUT2D eigenvalue weighted by molar-refractivity contribution is -0.129. The number of likely N-dealkylation sites (tertiary alicyclic amines) is 1. The monoisotopic (exact) mass is 325 g/mol. The molecule has 1 saturated heterocycles. The molecule has 1 N–H and O–H groups in total. The van der Waals surface area contributed by atoms with Gasteiger partial charge < -0.3 is 15.1 Å². The van der Waals surface area contributed by atoms with Crippen molar-refractivity contribution in [1.29, 1.82) is 0 Å². The van der Waals surface area contributed by atoms with Crippen LogP contribution < -0.4 is 5.32 Å². The van der Waals surface area contributed by atoms with E-state index in [1.54, 1.807) is 16.2 Å². The number of rotatable bonds is 7. The zero-order valence-corrected chi connectivity index (χ0v) is 14.2. The molecule has 0 radical (unpaired) electrons. The van der Waals surface area contributed by atoms with E-state index in [1.165, 1.54) is 0 Å². The van der Waals surface area contributed by atoms with Crippen molar-refractivity contribution in [2.24, 2.45) is 5.92 Å². The molecule has 1 aromatic heterocycles. The lowest BCUT2D eigenvalue weighted by atomic mass is 10.1. The molecule has 1 atom stereocenters. The third-order valence-corrected chi connectivity index (χ3v) is 4.51. The Balaban J connectivity index is 1.72.